The molecule has 0 aromatic heterocycles. The Labute approximate surface area is 132 Å². The van der Waals surface area contributed by atoms with E-state index in [0.29, 0.717) is 0 Å². The molecule has 3 heteroatoms. The van der Waals surface area contributed by atoms with Crippen LogP contribution in [0.2, 0.25) is 0 Å². The van der Waals surface area contributed by atoms with Crippen LogP contribution in [0, 0.1) is 0 Å². The van der Waals surface area contributed by atoms with Gasteiger partial charge in [0.25, 0.3) is 0 Å². The molecule has 1 aromatic carbocycles. The summed E-state index contributed by atoms with van der Waals surface area (Å²) in [5.41, 5.74) is 4.99. The first kappa shape index (κ1) is 15.6. The second-order valence-electron chi connectivity index (χ2n) is 5.42. The van der Waals surface area contributed by atoms with Gasteiger partial charge in [-0.1, -0.05) is 12.1 Å². The van der Waals surface area contributed by atoms with Crippen molar-refractivity contribution in [2.75, 3.05) is 39.3 Å². The van der Waals surface area contributed by atoms with Gasteiger partial charge in [-0.05, 0) is 41.7 Å². The number of thioether (sulfide) groups is 1. The van der Waals surface area contributed by atoms with Gasteiger partial charge in [-0.3, -0.25) is 0 Å². The molecule has 21 heavy (non-hydrogen) atoms. The molecule has 0 amide bonds. The van der Waals surface area contributed by atoms with Gasteiger partial charge in [0, 0.05) is 36.8 Å². The van der Waals surface area contributed by atoms with Gasteiger partial charge < -0.3 is 4.90 Å². The summed E-state index contributed by atoms with van der Waals surface area (Å²) in [6.45, 7) is 0. The molecule has 2 rings (SSSR count). The first-order valence-electron chi connectivity index (χ1n) is 6.99. The fourth-order valence-corrected chi connectivity index (χ4v) is 2.97. The third-order valence-corrected chi connectivity index (χ3v) is 4.38. The smallest absolute Gasteiger partial charge is 0.199 e. The molecule has 0 N–H and O–H groups in total. The summed E-state index contributed by atoms with van der Waals surface area (Å²) in [6, 6.07) is 8.72. The van der Waals surface area contributed by atoms with Gasteiger partial charge in [-0.2, -0.15) is 0 Å². The maximum Gasteiger partial charge on any atom is 0.199 e. The SMILES string of the molecule is CSC(=C1C=CC(=[N+](C)C)C=C1)c1ccc(N(C)C)cc1. The van der Waals surface area contributed by atoms with Crippen LogP contribution >= 0.6 is 11.8 Å². The van der Waals surface area contributed by atoms with E-state index >= 15 is 0 Å². The van der Waals surface area contributed by atoms with Crippen LogP contribution in [-0.2, 0) is 0 Å². The van der Waals surface area contributed by atoms with E-state index in [1.807, 2.05) is 0 Å². The van der Waals surface area contributed by atoms with Crippen LogP contribution in [0.4, 0.5) is 5.69 Å². The Bertz CT molecular complexity index is 610. The molecule has 0 heterocycles. The molecule has 0 unspecified atom stereocenters. The normalized spacial score (nSPS) is 13.6. The van der Waals surface area contributed by atoms with Crippen molar-refractivity contribution in [2.45, 2.75) is 0 Å². The molecule has 0 aliphatic heterocycles. The van der Waals surface area contributed by atoms with E-state index in [1.165, 1.54) is 27.4 Å². The number of anilines is 1. The largest absolute Gasteiger partial charge is 0.378 e. The van der Waals surface area contributed by atoms with Crippen molar-refractivity contribution < 1.29 is 4.58 Å². The van der Waals surface area contributed by atoms with Crippen LogP contribution in [0.1, 0.15) is 5.56 Å². The topological polar surface area (TPSA) is 6.25 Å². The lowest BCUT2D eigenvalue weighted by atomic mass is 10.0. The average molecular weight is 299 g/mol. The van der Waals surface area contributed by atoms with Crippen LogP contribution in [0.5, 0.6) is 0 Å². The first-order chi connectivity index (χ1) is 10.0. The zero-order valence-electron chi connectivity index (χ0n) is 13.4. The zero-order valence-corrected chi connectivity index (χ0v) is 14.2. The van der Waals surface area contributed by atoms with Crippen LogP contribution in [0.25, 0.3) is 4.91 Å². The molecule has 0 fully saturated rings. The van der Waals surface area contributed by atoms with Gasteiger partial charge in [0.05, 0.1) is 0 Å². The minimum atomic E-state index is 1.22. The van der Waals surface area contributed by atoms with Crippen molar-refractivity contribution in [1.82, 2.24) is 0 Å². The lowest BCUT2D eigenvalue weighted by molar-refractivity contribution is -0.462. The van der Waals surface area contributed by atoms with E-state index in [1.54, 1.807) is 11.8 Å². The molecular weight excluding hydrogens is 276 g/mol. The lowest BCUT2D eigenvalue weighted by Gasteiger charge is -2.14. The minimum Gasteiger partial charge on any atom is -0.378 e. The van der Waals surface area contributed by atoms with Gasteiger partial charge in [-0.25, -0.2) is 4.58 Å². The van der Waals surface area contributed by atoms with Crippen LogP contribution in [0.15, 0.2) is 54.1 Å². The summed E-state index contributed by atoms with van der Waals surface area (Å²) in [4.78, 5) is 3.43. The molecule has 2 nitrogen and oxygen atoms in total. The van der Waals surface area contributed by atoms with Gasteiger partial charge in [0.15, 0.2) is 5.71 Å². The summed E-state index contributed by atoms with van der Waals surface area (Å²) < 4.78 is 2.12. The Kier molecular flexibility index (Phi) is 5.07. The van der Waals surface area contributed by atoms with Crippen molar-refractivity contribution in [3.8, 4) is 0 Å². The maximum absolute atomic E-state index is 2.20. The van der Waals surface area contributed by atoms with Crippen molar-refractivity contribution >= 4 is 28.1 Å². The number of benzene rings is 1. The molecule has 0 radical (unpaired) electrons. The van der Waals surface area contributed by atoms with Crippen molar-refractivity contribution in [2.24, 2.45) is 0 Å². The molecule has 0 saturated carbocycles. The Morgan fingerprint density at radius 2 is 1.52 bits per heavy atom. The molecule has 110 valence electrons. The average Bonchev–Trinajstić information content (AvgIpc) is 2.49. The molecule has 0 saturated heterocycles. The maximum atomic E-state index is 2.20. The monoisotopic (exact) mass is 299 g/mol. The minimum absolute atomic E-state index is 1.22. The number of hydrogen-bond donors (Lipinski definition) is 0. The van der Waals surface area contributed by atoms with Gasteiger partial charge in [-0.15, -0.1) is 11.8 Å². The highest BCUT2D eigenvalue weighted by molar-refractivity contribution is 8.07. The highest BCUT2D eigenvalue weighted by Gasteiger charge is 2.10. The van der Waals surface area contributed by atoms with Crippen molar-refractivity contribution in [3.63, 3.8) is 0 Å². The van der Waals surface area contributed by atoms with E-state index in [0.717, 1.165) is 0 Å². The van der Waals surface area contributed by atoms with Gasteiger partial charge in [0.1, 0.15) is 14.1 Å². The Balaban J connectivity index is 2.36. The summed E-state index contributed by atoms with van der Waals surface area (Å²) in [5, 5.41) is 0. The quantitative estimate of drug-likeness (QED) is 0.786. The van der Waals surface area contributed by atoms with E-state index in [9.17, 15) is 0 Å². The van der Waals surface area contributed by atoms with Gasteiger partial charge >= 0.3 is 0 Å². The number of nitrogens with zero attached hydrogens (tertiary/aromatic N) is 2. The molecule has 0 atom stereocenters. The highest BCUT2D eigenvalue weighted by atomic mass is 32.2. The molecule has 1 aromatic rings. The van der Waals surface area contributed by atoms with Crippen molar-refractivity contribution in [3.05, 3.63) is 59.7 Å². The van der Waals surface area contributed by atoms with Crippen LogP contribution < -0.4 is 4.90 Å². The van der Waals surface area contributed by atoms with E-state index in [-0.39, 0.29) is 0 Å². The summed E-state index contributed by atoms with van der Waals surface area (Å²) in [5.74, 6) is 0. The summed E-state index contributed by atoms with van der Waals surface area (Å²) >= 11 is 1.79. The predicted octanol–water partition coefficient (Wildman–Crippen LogP) is 3.67. The van der Waals surface area contributed by atoms with Crippen LogP contribution in [-0.4, -0.2) is 44.7 Å². The Hall–Kier alpha value is -1.74. The number of allylic oxidation sites excluding steroid dienone is 5. The standard InChI is InChI=1S/C18H23N2S/c1-19(2)16-10-6-14(7-11-16)18(21-5)15-8-12-17(13-9-15)20(3)4/h6-13H,1-5H3/q+1. The summed E-state index contributed by atoms with van der Waals surface area (Å²) in [7, 11) is 8.25. The molecule has 0 bridgehead atoms. The van der Waals surface area contributed by atoms with E-state index < -0.39 is 0 Å². The zero-order chi connectivity index (χ0) is 15.4. The molecule has 1 aliphatic rings. The van der Waals surface area contributed by atoms with Gasteiger partial charge in [0.2, 0.25) is 0 Å². The van der Waals surface area contributed by atoms with E-state index in [2.05, 4.69) is 92.5 Å². The summed E-state index contributed by atoms with van der Waals surface area (Å²) in [6.07, 6.45) is 10.9. The molecule has 1 aliphatic carbocycles. The molecule has 0 spiro atoms. The lowest BCUT2D eigenvalue weighted by Crippen LogP contribution is -2.10. The Morgan fingerprint density at radius 3 is 1.95 bits per heavy atom. The first-order valence-corrected chi connectivity index (χ1v) is 8.22. The molecular formula is C18H23N2S+. The predicted molar refractivity (Wildman–Crippen MR) is 96.6 cm³/mol. The number of hydrogen-bond acceptors (Lipinski definition) is 2. The second-order valence-corrected chi connectivity index (χ2v) is 6.23. The van der Waals surface area contributed by atoms with E-state index in [4.69, 9.17) is 0 Å². The number of rotatable bonds is 3. The fourth-order valence-electron chi connectivity index (χ4n) is 2.22. The Morgan fingerprint density at radius 1 is 0.952 bits per heavy atom. The van der Waals surface area contributed by atoms with Crippen LogP contribution in [0.3, 0.4) is 0 Å². The third-order valence-electron chi connectivity index (χ3n) is 3.50. The highest BCUT2D eigenvalue weighted by Crippen LogP contribution is 2.32. The third kappa shape index (κ3) is 3.67. The second kappa shape index (κ2) is 6.81. The van der Waals surface area contributed by atoms with Crippen molar-refractivity contribution in [1.29, 1.82) is 0 Å². The fraction of sp³-hybridized carbons (Fsp3) is 0.278.